The average Bonchev–Trinajstić information content (AvgIpc) is 3.09. The van der Waals surface area contributed by atoms with Crippen LogP contribution in [0.2, 0.25) is 0 Å². The Morgan fingerprint density at radius 1 is 1.32 bits per heavy atom. The molecule has 0 N–H and O–H groups in total. The summed E-state index contributed by atoms with van der Waals surface area (Å²) in [5, 5.41) is 4.58. The molecule has 0 radical (unpaired) electrons. The summed E-state index contributed by atoms with van der Waals surface area (Å²) in [6, 6.07) is 6.44. The fraction of sp³-hybridized carbons (Fsp3) is 0.438. The van der Waals surface area contributed by atoms with Crippen molar-refractivity contribution in [2.45, 2.75) is 33.0 Å². The molecule has 25 heavy (non-hydrogen) atoms. The number of nitrogens with zero attached hydrogens (tertiary/aromatic N) is 3. The molecule has 0 fully saturated rings. The normalized spacial score (nSPS) is 12.9. The van der Waals surface area contributed by atoms with Crippen molar-refractivity contribution in [3.8, 4) is 11.4 Å². The maximum absolute atomic E-state index is 12.5. The van der Waals surface area contributed by atoms with Gasteiger partial charge in [-0.3, -0.25) is 9.63 Å². The van der Waals surface area contributed by atoms with Crippen LogP contribution >= 0.6 is 0 Å². The van der Waals surface area contributed by atoms with Crippen LogP contribution < -0.4 is 0 Å². The Labute approximate surface area is 142 Å². The third kappa shape index (κ3) is 4.56. The van der Waals surface area contributed by atoms with Gasteiger partial charge in [-0.2, -0.15) is 18.2 Å². The zero-order chi connectivity index (χ0) is 18.6. The van der Waals surface area contributed by atoms with Crippen molar-refractivity contribution in [3.63, 3.8) is 0 Å². The van der Waals surface area contributed by atoms with Crippen molar-refractivity contribution in [3.05, 3.63) is 35.7 Å². The van der Waals surface area contributed by atoms with E-state index in [1.165, 1.54) is 12.2 Å². The SMILES string of the molecule is CCC(C)C(=O)N(Cc1ccc(-c2noc(C(F)(F)F)n2)cc1)OC. The standard InChI is InChI=1S/C16H18F3N3O3/c1-4-10(2)14(23)22(24-3)9-11-5-7-12(8-6-11)13-20-15(25-21-13)16(17,18)19/h5-8,10H,4,9H2,1-3H3. The van der Waals surface area contributed by atoms with Crippen molar-refractivity contribution in [1.82, 2.24) is 15.2 Å². The molecule has 0 bridgehead atoms. The zero-order valence-electron chi connectivity index (χ0n) is 14.0. The molecule has 0 saturated carbocycles. The van der Waals surface area contributed by atoms with Gasteiger partial charge in [0.05, 0.1) is 13.7 Å². The van der Waals surface area contributed by atoms with E-state index < -0.39 is 12.1 Å². The maximum Gasteiger partial charge on any atom is 0.471 e. The quantitative estimate of drug-likeness (QED) is 0.738. The molecule has 2 rings (SSSR count). The summed E-state index contributed by atoms with van der Waals surface area (Å²) in [5.74, 6) is -1.85. The van der Waals surface area contributed by atoms with Crippen LogP contribution in [0.25, 0.3) is 11.4 Å². The summed E-state index contributed by atoms with van der Waals surface area (Å²) in [5.41, 5.74) is 1.13. The first kappa shape index (κ1) is 18.9. The number of amides is 1. The molecular formula is C16H18F3N3O3. The van der Waals surface area contributed by atoms with E-state index in [1.54, 1.807) is 24.3 Å². The van der Waals surface area contributed by atoms with Gasteiger partial charge in [-0.1, -0.05) is 43.3 Å². The van der Waals surface area contributed by atoms with Crippen molar-refractivity contribution in [2.24, 2.45) is 5.92 Å². The van der Waals surface area contributed by atoms with Crippen LogP contribution in [0.1, 0.15) is 31.7 Å². The van der Waals surface area contributed by atoms with Gasteiger partial charge < -0.3 is 4.52 Å². The summed E-state index contributed by atoms with van der Waals surface area (Å²) in [6.07, 6.45) is -3.99. The third-order valence-electron chi connectivity index (χ3n) is 3.71. The van der Waals surface area contributed by atoms with Gasteiger partial charge in [0.2, 0.25) is 11.7 Å². The summed E-state index contributed by atoms with van der Waals surface area (Å²) >= 11 is 0. The largest absolute Gasteiger partial charge is 0.471 e. The highest BCUT2D eigenvalue weighted by molar-refractivity contribution is 5.77. The fourth-order valence-corrected chi connectivity index (χ4v) is 2.03. The highest BCUT2D eigenvalue weighted by Gasteiger charge is 2.38. The first-order valence-electron chi connectivity index (χ1n) is 7.62. The minimum atomic E-state index is -4.68. The van der Waals surface area contributed by atoms with E-state index in [2.05, 4.69) is 14.7 Å². The van der Waals surface area contributed by atoms with E-state index in [1.807, 2.05) is 13.8 Å². The molecular weight excluding hydrogens is 339 g/mol. The second kappa shape index (κ2) is 7.64. The predicted molar refractivity (Wildman–Crippen MR) is 81.8 cm³/mol. The van der Waals surface area contributed by atoms with Gasteiger partial charge >= 0.3 is 12.1 Å². The summed E-state index contributed by atoms with van der Waals surface area (Å²) in [7, 11) is 1.41. The van der Waals surface area contributed by atoms with Gasteiger partial charge in [-0.05, 0) is 12.0 Å². The first-order valence-corrected chi connectivity index (χ1v) is 7.62. The number of rotatable bonds is 6. The summed E-state index contributed by atoms with van der Waals surface area (Å²) in [4.78, 5) is 20.6. The molecule has 136 valence electrons. The van der Waals surface area contributed by atoms with Crippen molar-refractivity contribution < 1.29 is 27.3 Å². The number of carbonyl (C=O) groups excluding carboxylic acids is 1. The highest BCUT2D eigenvalue weighted by Crippen LogP contribution is 2.29. The average molecular weight is 357 g/mol. The van der Waals surface area contributed by atoms with Crippen molar-refractivity contribution in [2.75, 3.05) is 7.11 Å². The molecule has 1 unspecified atom stereocenters. The Hall–Kier alpha value is -2.42. The van der Waals surface area contributed by atoms with Gasteiger partial charge in [0.1, 0.15) is 0 Å². The first-order chi connectivity index (χ1) is 11.8. The minimum Gasteiger partial charge on any atom is -0.329 e. The van der Waals surface area contributed by atoms with E-state index in [-0.39, 0.29) is 24.2 Å². The molecule has 0 saturated heterocycles. The van der Waals surface area contributed by atoms with Crippen LogP contribution in [0.3, 0.4) is 0 Å². The van der Waals surface area contributed by atoms with E-state index >= 15 is 0 Å². The molecule has 1 aromatic heterocycles. The molecule has 1 heterocycles. The minimum absolute atomic E-state index is 0.137. The Bertz CT molecular complexity index is 713. The lowest BCUT2D eigenvalue weighted by molar-refractivity contribution is -0.183. The number of hydrogen-bond donors (Lipinski definition) is 0. The summed E-state index contributed by atoms with van der Waals surface area (Å²) < 4.78 is 41.7. The van der Waals surface area contributed by atoms with E-state index in [0.29, 0.717) is 12.0 Å². The van der Waals surface area contributed by atoms with Gasteiger partial charge in [0.15, 0.2) is 0 Å². The predicted octanol–water partition coefficient (Wildman–Crippen LogP) is 3.69. The molecule has 0 aliphatic heterocycles. The number of aromatic nitrogens is 2. The van der Waals surface area contributed by atoms with Crippen LogP contribution in [0.5, 0.6) is 0 Å². The number of hydroxylamine groups is 2. The molecule has 2 aromatic rings. The smallest absolute Gasteiger partial charge is 0.329 e. The third-order valence-corrected chi connectivity index (χ3v) is 3.71. The highest BCUT2D eigenvalue weighted by atomic mass is 19.4. The lowest BCUT2D eigenvalue weighted by Gasteiger charge is -2.22. The van der Waals surface area contributed by atoms with Gasteiger partial charge in [0, 0.05) is 11.5 Å². The van der Waals surface area contributed by atoms with Gasteiger partial charge in [-0.25, -0.2) is 5.06 Å². The van der Waals surface area contributed by atoms with E-state index in [0.717, 1.165) is 5.56 Å². The van der Waals surface area contributed by atoms with Crippen LogP contribution in [0, 0.1) is 5.92 Å². The van der Waals surface area contributed by atoms with Gasteiger partial charge in [-0.15, -0.1) is 0 Å². The van der Waals surface area contributed by atoms with Crippen LogP contribution in [0.15, 0.2) is 28.8 Å². The zero-order valence-corrected chi connectivity index (χ0v) is 14.0. The second-order valence-electron chi connectivity index (χ2n) is 5.48. The Balaban J connectivity index is 2.11. The Morgan fingerprint density at radius 3 is 2.44 bits per heavy atom. The van der Waals surface area contributed by atoms with E-state index in [9.17, 15) is 18.0 Å². The van der Waals surface area contributed by atoms with Crippen molar-refractivity contribution >= 4 is 5.91 Å². The molecule has 1 atom stereocenters. The summed E-state index contributed by atoms with van der Waals surface area (Å²) in [6.45, 7) is 3.94. The topological polar surface area (TPSA) is 68.5 Å². The van der Waals surface area contributed by atoms with Crippen molar-refractivity contribution in [1.29, 1.82) is 0 Å². The number of carbonyl (C=O) groups is 1. The van der Waals surface area contributed by atoms with Crippen LogP contribution in [0.4, 0.5) is 13.2 Å². The fourth-order valence-electron chi connectivity index (χ4n) is 2.03. The Morgan fingerprint density at radius 2 is 1.96 bits per heavy atom. The van der Waals surface area contributed by atoms with Crippen LogP contribution in [-0.2, 0) is 22.4 Å². The van der Waals surface area contributed by atoms with E-state index in [4.69, 9.17) is 4.84 Å². The number of hydrogen-bond acceptors (Lipinski definition) is 5. The Kier molecular flexibility index (Phi) is 5.78. The molecule has 0 spiro atoms. The lowest BCUT2D eigenvalue weighted by atomic mass is 10.1. The lowest BCUT2D eigenvalue weighted by Crippen LogP contribution is -2.33. The monoisotopic (exact) mass is 357 g/mol. The van der Waals surface area contributed by atoms with Gasteiger partial charge in [0.25, 0.3) is 0 Å². The second-order valence-corrected chi connectivity index (χ2v) is 5.48. The maximum atomic E-state index is 12.5. The van der Waals surface area contributed by atoms with Crippen LogP contribution in [-0.4, -0.2) is 28.2 Å². The molecule has 0 aliphatic carbocycles. The molecule has 1 amide bonds. The molecule has 0 aliphatic rings. The number of alkyl halides is 3. The number of halogens is 3. The molecule has 1 aromatic carbocycles. The molecule has 6 nitrogen and oxygen atoms in total. The number of benzene rings is 1. The molecule has 9 heteroatoms.